The molecule has 2 aliphatic heterocycles. The zero-order valence-corrected chi connectivity index (χ0v) is 10.7. The van der Waals surface area contributed by atoms with Crippen LogP contribution in [-0.4, -0.2) is 40.8 Å². The summed E-state index contributed by atoms with van der Waals surface area (Å²) in [7, 11) is -1.31. The first-order valence-electron chi connectivity index (χ1n) is 6.12. The van der Waals surface area contributed by atoms with Crippen LogP contribution in [0.15, 0.2) is 0 Å². The van der Waals surface area contributed by atoms with Crippen molar-refractivity contribution in [1.82, 2.24) is 0 Å². The van der Waals surface area contributed by atoms with E-state index in [1.807, 2.05) is 0 Å². The van der Waals surface area contributed by atoms with Crippen molar-refractivity contribution < 1.29 is 13.9 Å². The van der Waals surface area contributed by atoms with E-state index >= 15 is 0 Å². The molecular formula is C11H22O3Si. The minimum Gasteiger partial charge on any atom is -0.417 e. The number of ether oxygens (including phenoxy) is 2. The summed E-state index contributed by atoms with van der Waals surface area (Å²) in [5.74, 6) is 0. The van der Waals surface area contributed by atoms with Crippen molar-refractivity contribution in [1.29, 1.82) is 0 Å². The Morgan fingerprint density at radius 3 is 2.93 bits per heavy atom. The van der Waals surface area contributed by atoms with Crippen molar-refractivity contribution in [2.45, 2.75) is 44.0 Å². The molecule has 0 spiro atoms. The van der Waals surface area contributed by atoms with Gasteiger partial charge in [0.2, 0.25) is 0 Å². The van der Waals surface area contributed by atoms with Crippen LogP contribution in [0, 0.1) is 0 Å². The van der Waals surface area contributed by atoms with Gasteiger partial charge in [0.05, 0.1) is 13.2 Å². The first-order valence-corrected chi connectivity index (χ1v) is 8.94. The van der Waals surface area contributed by atoms with Gasteiger partial charge in [0.25, 0.3) is 0 Å². The topological polar surface area (TPSA) is 31.0 Å². The molecule has 2 saturated heterocycles. The largest absolute Gasteiger partial charge is 0.417 e. The van der Waals surface area contributed by atoms with Crippen LogP contribution in [0.2, 0.25) is 18.6 Å². The van der Waals surface area contributed by atoms with E-state index in [9.17, 15) is 0 Å². The van der Waals surface area contributed by atoms with Gasteiger partial charge < -0.3 is 13.9 Å². The molecule has 2 rings (SSSR count). The number of rotatable bonds is 6. The summed E-state index contributed by atoms with van der Waals surface area (Å²) in [6.07, 6.45) is 4.20. The lowest BCUT2D eigenvalue weighted by molar-refractivity contribution is 0.116. The Hall–Kier alpha value is 0.0969. The van der Waals surface area contributed by atoms with Crippen LogP contribution >= 0.6 is 0 Å². The second-order valence-corrected chi connectivity index (χ2v) is 9.08. The zero-order chi connectivity index (χ0) is 10.6. The van der Waals surface area contributed by atoms with Crippen molar-refractivity contribution in [3.05, 3.63) is 0 Å². The maximum absolute atomic E-state index is 5.96. The Morgan fingerprint density at radius 1 is 1.40 bits per heavy atom. The van der Waals surface area contributed by atoms with Crippen molar-refractivity contribution in [2.24, 2.45) is 0 Å². The molecule has 0 aromatic carbocycles. The molecule has 2 aliphatic rings. The molecule has 0 N–H and O–H groups in total. The maximum atomic E-state index is 5.96. The highest BCUT2D eigenvalue weighted by Gasteiger charge is 2.30. The first-order chi connectivity index (χ1) is 7.29. The van der Waals surface area contributed by atoms with Gasteiger partial charge in [-0.25, -0.2) is 0 Å². The van der Waals surface area contributed by atoms with Gasteiger partial charge in [-0.3, -0.25) is 0 Å². The van der Waals surface area contributed by atoms with E-state index in [-0.39, 0.29) is 0 Å². The second-order valence-electron chi connectivity index (χ2n) is 4.89. The summed E-state index contributed by atoms with van der Waals surface area (Å²) in [6, 6.07) is 2.61. The van der Waals surface area contributed by atoms with E-state index in [1.165, 1.54) is 24.9 Å². The van der Waals surface area contributed by atoms with E-state index in [4.69, 9.17) is 13.9 Å². The molecule has 0 aliphatic carbocycles. The number of epoxide rings is 1. The molecule has 2 unspecified atom stereocenters. The molecule has 2 heterocycles. The summed E-state index contributed by atoms with van der Waals surface area (Å²) in [5.41, 5.74) is 0. The lowest BCUT2D eigenvalue weighted by Gasteiger charge is -2.31. The molecule has 3 nitrogen and oxygen atoms in total. The van der Waals surface area contributed by atoms with Crippen LogP contribution in [0.5, 0.6) is 0 Å². The van der Waals surface area contributed by atoms with Crippen molar-refractivity contribution in [3.8, 4) is 0 Å². The summed E-state index contributed by atoms with van der Waals surface area (Å²) in [5, 5.41) is 0. The molecule has 2 atom stereocenters. The predicted molar refractivity (Wildman–Crippen MR) is 61.6 cm³/mol. The standard InChI is InChI=1S/C11H22O3Si/c1-15(7-3-2-6-14-15)8-4-5-12-9-11-10-13-11/h11H,2-10H2,1H3. The van der Waals surface area contributed by atoms with Crippen LogP contribution in [-0.2, 0) is 13.9 Å². The Balaban J connectivity index is 1.51. The van der Waals surface area contributed by atoms with Crippen LogP contribution in [0.25, 0.3) is 0 Å². The molecule has 0 radical (unpaired) electrons. The van der Waals surface area contributed by atoms with Gasteiger partial charge in [0.1, 0.15) is 6.10 Å². The molecule has 0 bridgehead atoms. The van der Waals surface area contributed by atoms with Gasteiger partial charge in [-0.2, -0.15) is 0 Å². The molecule has 0 aromatic heterocycles. The van der Waals surface area contributed by atoms with Crippen LogP contribution < -0.4 is 0 Å². The zero-order valence-electron chi connectivity index (χ0n) is 9.67. The third kappa shape index (κ3) is 4.22. The summed E-state index contributed by atoms with van der Waals surface area (Å²) in [4.78, 5) is 0. The van der Waals surface area contributed by atoms with Crippen molar-refractivity contribution in [3.63, 3.8) is 0 Å². The Morgan fingerprint density at radius 2 is 2.27 bits per heavy atom. The van der Waals surface area contributed by atoms with E-state index in [2.05, 4.69) is 6.55 Å². The molecule has 4 heteroatoms. The average molecular weight is 230 g/mol. The third-order valence-corrected chi connectivity index (χ3v) is 6.97. The Kier molecular flexibility index (Phi) is 4.19. The quantitative estimate of drug-likeness (QED) is 0.398. The predicted octanol–water partition coefficient (Wildman–Crippen LogP) is 2.18. The maximum Gasteiger partial charge on any atom is 0.189 e. The van der Waals surface area contributed by atoms with Crippen molar-refractivity contribution in [2.75, 3.05) is 26.4 Å². The van der Waals surface area contributed by atoms with E-state index in [1.54, 1.807) is 0 Å². The monoisotopic (exact) mass is 230 g/mol. The molecule has 15 heavy (non-hydrogen) atoms. The normalized spacial score (nSPS) is 35.4. The molecular weight excluding hydrogens is 208 g/mol. The first kappa shape index (κ1) is 11.6. The summed E-state index contributed by atoms with van der Waals surface area (Å²) >= 11 is 0. The van der Waals surface area contributed by atoms with Crippen LogP contribution in [0.3, 0.4) is 0 Å². The molecule has 0 saturated carbocycles. The lowest BCUT2D eigenvalue weighted by Crippen LogP contribution is -2.37. The van der Waals surface area contributed by atoms with Crippen LogP contribution in [0.1, 0.15) is 19.3 Å². The van der Waals surface area contributed by atoms with Crippen molar-refractivity contribution >= 4 is 8.32 Å². The van der Waals surface area contributed by atoms with Gasteiger partial charge >= 0.3 is 0 Å². The minimum atomic E-state index is -1.31. The van der Waals surface area contributed by atoms with E-state index < -0.39 is 8.32 Å². The van der Waals surface area contributed by atoms with Gasteiger partial charge in [-0.15, -0.1) is 0 Å². The van der Waals surface area contributed by atoms with Crippen LogP contribution in [0.4, 0.5) is 0 Å². The molecule has 2 fully saturated rings. The highest BCUT2D eigenvalue weighted by atomic mass is 28.4. The second kappa shape index (κ2) is 5.43. The molecule has 0 aromatic rings. The summed E-state index contributed by atoms with van der Waals surface area (Å²) in [6.45, 7) is 5.94. The summed E-state index contributed by atoms with van der Waals surface area (Å²) < 4.78 is 16.6. The van der Waals surface area contributed by atoms with E-state index in [0.717, 1.165) is 32.8 Å². The minimum absolute atomic E-state index is 0.406. The van der Waals surface area contributed by atoms with Gasteiger partial charge in [-0.05, 0) is 31.5 Å². The van der Waals surface area contributed by atoms with E-state index in [0.29, 0.717) is 6.10 Å². The highest BCUT2D eigenvalue weighted by molar-refractivity contribution is 6.72. The highest BCUT2D eigenvalue weighted by Crippen LogP contribution is 2.26. The fraction of sp³-hybridized carbons (Fsp3) is 1.00. The average Bonchev–Trinajstić information content (AvgIpc) is 3.02. The fourth-order valence-corrected chi connectivity index (χ4v) is 5.18. The lowest BCUT2D eigenvalue weighted by atomic mass is 10.4. The molecule has 0 amide bonds. The third-order valence-electron chi connectivity index (χ3n) is 3.25. The SMILES string of the molecule is C[Si]1(CCCOCC2CO2)CCCCO1. The van der Waals surface area contributed by atoms with Gasteiger partial charge in [0, 0.05) is 13.2 Å². The smallest absolute Gasteiger partial charge is 0.189 e. The molecule has 88 valence electrons. The van der Waals surface area contributed by atoms with Gasteiger partial charge in [-0.1, -0.05) is 6.42 Å². The Bertz CT molecular complexity index is 188. The number of hydrogen-bond acceptors (Lipinski definition) is 3. The van der Waals surface area contributed by atoms with Gasteiger partial charge in [0.15, 0.2) is 8.32 Å². The Labute approximate surface area is 93.2 Å². The fourth-order valence-electron chi connectivity index (χ4n) is 2.12. The number of hydrogen-bond donors (Lipinski definition) is 0.